The van der Waals surface area contributed by atoms with E-state index in [4.69, 9.17) is 11.6 Å². The zero-order valence-corrected chi connectivity index (χ0v) is 10.4. The predicted octanol–water partition coefficient (Wildman–Crippen LogP) is 2.23. The second-order valence-electron chi connectivity index (χ2n) is 3.80. The van der Waals surface area contributed by atoms with Crippen LogP contribution in [0.1, 0.15) is 22.5 Å². The van der Waals surface area contributed by atoms with Crippen LogP contribution in [0.15, 0.2) is 30.5 Å². The maximum atomic E-state index is 11.7. The van der Waals surface area contributed by atoms with Crippen molar-refractivity contribution >= 4 is 23.2 Å². The van der Waals surface area contributed by atoms with Gasteiger partial charge in [0.05, 0.1) is 6.20 Å². The molecule has 1 aromatic heterocycles. The van der Waals surface area contributed by atoms with Crippen LogP contribution in [0.3, 0.4) is 0 Å². The largest absolute Gasteiger partial charge is 0.321 e. The highest BCUT2D eigenvalue weighted by atomic mass is 35.5. The van der Waals surface area contributed by atoms with Gasteiger partial charge in [-0.2, -0.15) is 15.4 Å². The second kappa shape index (κ2) is 6.16. The van der Waals surface area contributed by atoms with Crippen molar-refractivity contribution in [2.75, 3.05) is 11.2 Å². The first-order chi connectivity index (χ1) is 8.79. The number of nitrogens with one attached hydrogen (secondary N) is 2. The van der Waals surface area contributed by atoms with Gasteiger partial charge in [0.25, 0.3) is 5.91 Å². The number of hydrogen-bond donors (Lipinski definition) is 2. The van der Waals surface area contributed by atoms with Gasteiger partial charge in [-0.05, 0) is 30.5 Å². The number of hydrogen-bond acceptors (Lipinski definition) is 3. The smallest absolute Gasteiger partial charge is 0.277 e. The average Bonchev–Trinajstić information content (AvgIpc) is 2.91. The molecular weight excluding hydrogens is 252 g/mol. The molecule has 0 radical (unpaired) electrons. The van der Waals surface area contributed by atoms with E-state index in [1.165, 1.54) is 6.20 Å². The summed E-state index contributed by atoms with van der Waals surface area (Å²) in [7, 11) is 0. The first-order valence-electron chi connectivity index (χ1n) is 5.61. The van der Waals surface area contributed by atoms with Gasteiger partial charge >= 0.3 is 0 Å². The molecule has 94 valence electrons. The Morgan fingerprint density at radius 1 is 1.44 bits per heavy atom. The Hall–Kier alpha value is -1.88. The molecule has 0 unspecified atom stereocenters. The highest BCUT2D eigenvalue weighted by molar-refractivity contribution is 6.17. The Kier molecular flexibility index (Phi) is 4.30. The molecule has 18 heavy (non-hydrogen) atoms. The summed E-state index contributed by atoms with van der Waals surface area (Å²) in [5, 5.41) is 12.5. The summed E-state index contributed by atoms with van der Waals surface area (Å²) in [4.78, 5) is 11.7. The van der Waals surface area contributed by atoms with Crippen LogP contribution in [0.5, 0.6) is 0 Å². The molecule has 0 saturated heterocycles. The normalized spacial score (nSPS) is 10.3. The number of anilines is 1. The standard InChI is InChI=1S/C12H13ClN4O/c13-6-2-4-9-3-1-5-10(7-9)15-12(18)11-8-14-17-16-11/h1,3,5,7-8H,2,4,6H2,(H,15,18)(H,14,16,17). The van der Waals surface area contributed by atoms with E-state index in [-0.39, 0.29) is 11.6 Å². The minimum Gasteiger partial charge on any atom is -0.321 e. The molecule has 6 heteroatoms. The van der Waals surface area contributed by atoms with E-state index >= 15 is 0 Å². The molecule has 0 aliphatic rings. The van der Waals surface area contributed by atoms with Crippen molar-refractivity contribution in [1.29, 1.82) is 0 Å². The van der Waals surface area contributed by atoms with E-state index in [1.807, 2.05) is 24.3 Å². The summed E-state index contributed by atoms with van der Waals surface area (Å²) in [6.45, 7) is 0. The monoisotopic (exact) mass is 264 g/mol. The predicted molar refractivity (Wildman–Crippen MR) is 69.8 cm³/mol. The molecule has 0 bridgehead atoms. The Balaban J connectivity index is 2.03. The molecule has 5 nitrogen and oxygen atoms in total. The van der Waals surface area contributed by atoms with Gasteiger partial charge in [-0.25, -0.2) is 0 Å². The molecule has 0 atom stereocenters. The molecule has 1 aromatic carbocycles. The zero-order chi connectivity index (χ0) is 12.8. The lowest BCUT2D eigenvalue weighted by atomic mass is 10.1. The quantitative estimate of drug-likeness (QED) is 0.814. The van der Waals surface area contributed by atoms with Crippen molar-refractivity contribution in [3.05, 3.63) is 41.7 Å². The van der Waals surface area contributed by atoms with Gasteiger partial charge < -0.3 is 5.32 Å². The van der Waals surface area contributed by atoms with Crippen LogP contribution in [0.25, 0.3) is 0 Å². The van der Waals surface area contributed by atoms with Gasteiger partial charge in [-0.15, -0.1) is 11.6 Å². The summed E-state index contributed by atoms with van der Waals surface area (Å²) in [5.41, 5.74) is 2.16. The third kappa shape index (κ3) is 3.30. The Morgan fingerprint density at radius 2 is 2.33 bits per heavy atom. The fourth-order valence-electron chi connectivity index (χ4n) is 1.58. The maximum absolute atomic E-state index is 11.7. The van der Waals surface area contributed by atoms with E-state index in [1.54, 1.807) is 0 Å². The van der Waals surface area contributed by atoms with Gasteiger partial charge in [-0.1, -0.05) is 12.1 Å². The van der Waals surface area contributed by atoms with E-state index < -0.39 is 0 Å². The number of H-pyrrole nitrogens is 1. The first kappa shape index (κ1) is 12.6. The SMILES string of the molecule is O=C(Nc1cccc(CCCCl)c1)c1cn[nH]n1. The van der Waals surface area contributed by atoms with Crippen molar-refractivity contribution in [3.63, 3.8) is 0 Å². The van der Waals surface area contributed by atoms with Crippen LogP contribution < -0.4 is 5.32 Å². The van der Waals surface area contributed by atoms with E-state index in [2.05, 4.69) is 20.7 Å². The highest BCUT2D eigenvalue weighted by Crippen LogP contribution is 2.13. The van der Waals surface area contributed by atoms with E-state index in [0.29, 0.717) is 5.88 Å². The molecule has 0 saturated carbocycles. The summed E-state index contributed by atoms with van der Waals surface area (Å²) >= 11 is 5.65. The van der Waals surface area contributed by atoms with Crippen molar-refractivity contribution in [2.24, 2.45) is 0 Å². The van der Waals surface area contributed by atoms with Gasteiger partial charge in [0.1, 0.15) is 0 Å². The lowest BCUT2D eigenvalue weighted by Gasteiger charge is -2.05. The minimum absolute atomic E-state index is 0.265. The number of nitrogens with zero attached hydrogens (tertiary/aromatic N) is 2. The number of amides is 1. The molecule has 2 N–H and O–H groups in total. The lowest BCUT2D eigenvalue weighted by molar-refractivity contribution is 0.102. The van der Waals surface area contributed by atoms with E-state index in [9.17, 15) is 4.79 Å². The van der Waals surface area contributed by atoms with Crippen molar-refractivity contribution in [1.82, 2.24) is 15.4 Å². The van der Waals surface area contributed by atoms with Crippen molar-refractivity contribution in [3.8, 4) is 0 Å². The number of halogens is 1. The van der Waals surface area contributed by atoms with Gasteiger partial charge in [0.2, 0.25) is 0 Å². The molecule has 0 aliphatic heterocycles. The van der Waals surface area contributed by atoms with Crippen LogP contribution in [-0.2, 0) is 6.42 Å². The minimum atomic E-state index is -0.279. The number of aromatic nitrogens is 3. The molecule has 0 spiro atoms. The number of alkyl halides is 1. The third-order valence-corrected chi connectivity index (χ3v) is 2.70. The number of aryl methyl sites for hydroxylation is 1. The van der Waals surface area contributed by atoms with Crippen LogP contribution in [0.4, 0.5) is 5.69 Å². The van der Waals surface area contributed by atoms with Crippen LogP contribution in [0, 0.1) is 0 Å². The summed E-state index contributed by atoms with van der Waals surface area (Å²) in [5.74, 6) is 0.355. The number of rotatable bonds is 5. The van der Waals surface area contributed by atoms with Gasteiger partial charge in [0, 0.05) is 11.6 Å². The van der Waals surface area contributed by atoms with Gasteiger partial charge in [0.15, 0.2) is 5.69 Å². The molecular formula is C12H13ClN4O. The summed E-state index contributed by atoms with van der Waals surface area (Å²) in [6.07, 6.45) is 3.20. The first-order valence-corrected chi connectivity index (χ1v) is 6.15. The molecule has 2 rings (SSSR count). The van der Waals surface area contributed by atoms with Crippen molar-refractivity contribution < 1.29 is 4.79 Å². The maximum Gasteiger partial charge on any atom is 0.277 e. The van der Waals surface area contributed by atoms with E-state index in [0.717, 1.165) is 24.1 Å². The number of carbonyl (C=O) groups is 1. The molecule has 2 aromatic rings. The Bertz CT molecular complexity index is 513. The lowest BCUT2D eigenvalue weighted by Crippen LogP contribution is -2.12. The van der Waals surface area contributed by atoms with Crippen molar-refractivity contribution in [2.45, 2.75) is 12.8 Å². The van der Waals surface area contributed by atoms with Crippen LogP contribution in [0.2, 0.25) is 0 Å². The topological polar surface area (TPSA) is 70.7 Å². The summed E-state index contributed by atoms with van der Waals surface area (Å²) < 4.78 is 0. The van der Waals surface area contributed by atoms with Crippen LogP contribution in [-0.4, -0.2) is 27.2 Å². The molecule has 0 aliphatic carbocycles. The fraction of sp³-hybridized carbons (Fsp3) is 0.250. The third-order valence-electron chi connectivity index (χ3n) is 2.43. The molecule has 1 amide bonds. The Labute approximate surface area is 110 Å². The molecule has 0 fully saturated rings. The van der Waals surface area contributed by atoms with Gasteiger partial charge in [-0.3, -0.25) is 4.79 Å². The average molecular weight is 265 g/mol. The number of aromatic amines is 1. The zero-order valence-electron chi connectivity index (χ0n) is 9.69. The fourth-order valence-corrected chi connectivity index (χ4v) is 1.72. The number of benzene rings is 1. The number of carbonyl (C=O) groups excluding carboxylic acids is 1. The summed E-state index contributed by atoms with van der Waals surface area (Å²) in [6, 6.07) is 7.69. The Morgan fingerprint density at radius 3 is 3.06 bits per heavy atom. The molecule has 1 heterocycles. The van der Waals surface area contributed by atoms with Crippen LogP contribution >= 0.6 is 11.6 Å². The second-order valence-corrected chi connectivity index (χ2v) is 4.18. The highest BCUT2D eigenvalue weighted by Gasteiger charge is 2.08.